The number of hydrogen-bond donors (Lipinski definition) is 2. The number of nitrogens with one attached hydrogen (secondary N) is 2. The second-order valence-corrected chi connectivity index (χ2v) is 6.02. The Morgan fingerprint density at radius 3 is 2.42 bits per heavy atom. The van der Waals surface area contributed by atoms with E-state index < -0.39 is 0 Å². The zero-order valence-electron chi connectivity index (χ0n) is 13.8. The molecule has 0 saturated carbocycles. The van der Waals surface area contributed by atoms with Crippen LogP contribution in [0.5, 0.6) is 0 Å². The van der Waals surface area contributed by atoms with Gasteiger partial charge in [0.15, 0.2) is 0 Å². The summed E-state index contributed by atoms with van der Waals surface area (Å²) in [7, 11) is 0. The van der Waals surface area contributed by atoms with E-state index in [0.29, 0.717) is 23.4 Å². The van der Waals surface area contributed by atoms with Gasteiger partial charge in [-0.3, -0.25) is 9.59 Å². The molecular formula is C21H15FN2O2. The van der Waals surface area contributed by atoms with Gasteiger partial charge in [-0.1, -0.05) is 36.4 Å². The monoisotopic (exact) mass is 346 g/mol. The highest BCUT2D eigenvalue weighted by Crippen LogP contribution is 2.34. The maximum atomic E-state index is 13.2. The summed E-state index contributed by atoms with van der Waals surface area (Å²) in [5, 5.41) is 5.61. The van der Waals surface area contributed by atoms with E-state index in [4.69, 9.17) is 0 Å². The molecule has 0 atom stereocenters. The van der Waals surface area contributed by atoms with Gasteiger partial charge in [-0.2, -0.15) is 0 Å². The second kappa shape index (κ2) is 6.44. The van der Waals surface area contributed by atoms with Gasteiger partial charge in [-0.25, -0.2) is 4.39 Å². The van der Waals surface area contributed by atoms with Crippen LogP contribution in [0.3, 0.4) is 0 Å². The minimum Gasteiger partial charge on any atom is -0.348 e. The van der Waals surface area contributed by atoms with Crippen LogP contribution in [0.25, 0.3) is 11.1 Å². The number of amides is 2. The minimum atomic E-state index is -0.314. The lowest BCUT2D eigenvalue weighted by atomic mass is 9.95. The normalized spacial score (nSPS) is 12.4. The van der Waals surface area contributed by atoms with Crippen molar-refractivity contribution < 1.29 is 14.0 Å². The smallest absolute Gasteiger partial charge is 0.255 e. The predicted octanol–water partition coefficient (Wildman–Crippen LogP) is 3.99. The quantitative estimate of drug-likeness (QED) is 0.753. The first-order chi connectivity index (χ1) is 12.6. The van der Waals surface area contributed by atoms with E-state index in [1.165, 1.54) is 12.1 Å². The van der Waals surface area contributed by atoms with Crippen molar-refractivity contribution in [2.24, 2.45) is 0 Å². The van der Waals surface area contributed by atoms with Gasteiger partial charge in [0.1, 0.15) is 5.82 Å². The van der Waals surface area contributed by atoms with Gasteiger partial charge in [0.25, 0.3) is 11.8 Å². The van der Waals surface area contributed by atoms with Crippen LogP contribution in [0.1, 0.15) is 26.3 Å². The van der Waals surface area contributed by atoms with E-state index in [0.717, 1.165) is 16.7 Å². The lowest BCUT2D eigenvalue weighted by Gasteiger charge is -2.13. The number of halogens is 1. The van der Waals surface area contributed by atoms with E-state index >= 15 is 0 Å². The van der Waals surface area contributed by atoms with Crippen LogP contribution in [0.15, 0.2) is 66.7 Å². The molecule has 26 heavy (non-hydrogen) atoms. The Balaban J connectivity index is 1.74. The molecule has 4 nitrogen and oxygen atoms in total. The topological polar surface area (TPSA) is 58.2 Å². The van der Waals surface area contributed by atoms with Crippen LogP contribution in [-0.2, 0) is 6.54 Å². The summed E-state index contributed by atoms with van der Waals surface area (Å²) in [5.74, 6) is -0.819. The number of carbonyl (C=O) groups excluding carboxylic acids is 2. The maximum absolute atomic E-state index is 13.2. The Kier molecular flexibility index (Phi) is 3.97. The molecule has 3 aromatic rings. The molecule has 0 aromatic heterocycles. The number of rotatable bonds is 3. The van der Waals surface area contributed by atoms with Crippen molar-refractivity contribution in [1.82, 2.24) is 5.32 Å². The number of anilines is 1. The highest BCUT2D eigenvalue weighted by molar-refractivity contribution is 6.11. The lowest BCUT2D eigenvalue weighted by molar-refractivity contribution is 0.0966. The van der Waals surface area contributed by atoms with E-state index in [2.05, 4.69) is 10.6 Å². The molecule has 0 aliphatic carbocycles. The van der Waals surface area contributed by atoms with Gasteiger partial charge in [0.05, 0.1) is 11.3 Å². The summed E-state index contributed by atoms with van der Waals surface area (Å²) >= 11 is 0. The zero-order chi connectivity index (χ0) is 18.1. The molecule has 1 aliphatic heterocycles. The summed E-state index contributed by atoms with van der Waals surface area (Å²) in [6.07, 6.45) is 0. The van der Waals surface area contributed by atoms with Crippen molar-refractivity contribution in [1.29, 1.82) is 0 Å². The molecule has 0 unspecified atom stereocenters. The van der Waals surface area contributed by atoms with Crippen molar-refractivity contribution >= 4 is 17.5 Å². The number of hydrogen-bond acceptors (Lipinski definition) is 2. The molecule has 0 radical (unpaired) electrons. The molecular weight excluding hydrogens is 331 g/mol. The Morgan fingerprint density at radius 1 is 0.962 bits per heavy atom. The maximum Gasteiger partial charge on any atom is 0.255 e. The summed E-state index contributed by atoms with van der Waals surface area (Å²) in [5.41, 5.74) is 3.90. The molecule has 0 fully saturated rings. The Labute approximate surface area is 149 Å². The average molecular weight is 346 g/mol. The van der Waals surface area contributed by atoms with E-state index in [1.807, 2.05) is 12.1 Å². The summed E-state index contributed by atoms with van der Waals surface area (Å²) in [4.78, 5) is 24.7. The van der Waals surface area contributed by atoms with Gasteiger partial charge in [0.2, 0.25) is 0 Å². The lowest BCUT2D eigenvalue weighted by Crippen LogP contribution is -2.17. The van der Waals surface area contributed by atoms with E-state index in [9.17, 15) is 14.0 Å². The highest BCUT2D eigenvalue weighted by atomic mass is 19.1. The molecule has 4 rings (SSSR count). The summed E-state index contributed by atoms with van der Waals surface area (Å²) in [6, 6.07) is 18.5. The molecule has 0 spiro atoms. The summed E-state index contributed by atoms with van der Waals surface area (Å²) < 4.78 is 13.2. The van der Waals surface area contributed by atoms with Crippen molar-refractivity contribution in [3.8, 4) is 11.1 Å². The Hall–Kier alpha value is -3.47. The van der Waals surface area contributed by atoms with Crippen LogP contribution in [0, 0.1) is 5.82 Å². The van der Waals surface area contributed by atoms with Gasteiger partial charge < -0.3 is 10.6 Å². The van der Waals surface area contributed by atoms with Gasteiger partial charge in [0, 0.05) is 12.1 Å². The molecule has 0 bridgehead atoms. The second-order valence-electron chi connectivity index (χ2n) is 6.02. The van der Waals surface area contributed by atoms with Crippen LogP contribution in [-0.4, -0.2) is 11.8 Å². The Morgan fingerprint density at radius 2 is 1.69 bits per heavy atom. The van der Waals surface area contributed by atoms with Crippen LogP contribution in [0.2, 0.25) is 0 Å². The zero-order valence-corrected chi connectivity index (χ0v) is 13.8. The molecule has 1 aliphatic rings. The fourth-order valence-electron chi connectivity index (χ4n) is 3.14. The SMILES string of the molecule is O=C(Nc1ccc(-c2ccc(F)cc2)c2c1C(=O)NC2)c1ccccc1. The molecule has 2 amide bonds. The fourth-order valence-corrected chi connectivity index (χ4v) is 3.14. The third-order valence-corrected chi connectivity index (χ3v) is 4.41. The average Bonchev–Trinajstić information content (AvgIpc) is 3.06. The molecule has 0 saturated heterocycles. The van der Waals surface area contributed by atoms with Crippen LogP contribution in [0.4, 0.5) is 10.1 Å². The predicted molar refractivity (Wildman–Crippen MR) is 97.4 cm³/mol. The largest absolute Gasteiger partial charge is 0.348 e. The van der Waals surface area contributed by atoms with Crippen molar-refractivity contribution in [3.63, 3.8) is 0 Å². The third kappa shape index (κ3) is 2.84. The first-order valence-electron chi connectivity index (χ1n) is 8.20. The van der Waals surface area contributed by atoms with Crippen LogP contribution >= 0.6 is 0 Å². The first kappa shape index (κ1) is 16.0. The number of carbonyl (C=O) groups is 2. The van der Waals surface area contributed by atoms with Gasteiger partial charge >= 0.3 is 0 Å². The molecule has 1 heterocycles. The molecule has 3 aromatic carbocycles. The van der Waals surface area contributed by atoms with E-state index in [-0.39, 0.29) is 17.6 Å². The van der Waals surface area contributed by atoms with Crippen molar-refractivity contribution in [2.75, 3.05) is 5.32 Å². The van der Waals surface area contributed by atoms with E-state index in [1.54, 1.807) is 42.5 Å². The number of fused-ring (bicyclic) bond motifs is 1. The fraction of sp³-hybridized carbons (Fsp3) is 0.0476. The third-order valence-electron chi connectivity index (χ3n) is 4.41. The van der Waals surface area contributed by atoms with Gasteiger partial charge in [-0.05, 0) is 47.0 Å². The molecule has 2 N–H and O–H groups in total. The summed E-state index contributed by atoms with van der Waals surface area (Å²) in [6.45, 7) is 0.371. The first-order valence-corrected chi connectivity index (χ1v) is 8.20. The standard InChI is InChI=1S/C21H15FN2O2/c22-15-8-6-13(7-9-15)16-10-11-18(19-17(16)12-23-21(19)26)24-20(25)14-4-2-1-3-5-14/h1-11H,12H2,(H,23,26)(H,24,25). The molecule has 5 heteroatoms. The molecule has 128 valence electrons. The Bertz CT molecular complexity index is 999. The van der Waals surface area contributed by atoms with Crippen molar-refractivity contribution in [3.05, 3.63) is 89.2 Å². The number of benzene rings is 3. The van der Waals surface area contributed by atoms with Gasteiger partial charge in [-0.15, -0.1) is 0 Å². The highest BCUT2D eigenvalue weighted by Gasteiger charge is 2.26. The van der Waals surface area contributed by atoms with Crippen molar-refractivity contribution in [2.45, 2.75) is 6.54 Å². The van der Waals surface area contributed by atoms with Crippen LogP contribution < -0.4 is 10.6 Å². The minimum absolute atomic E-state index is 0.229.